The summed E-state index contributed by atoms with van der Waals surface area (Å²) in [5.74, 6) is 1.44. The van der Waals surface area contributed by atoms with Gasteiger partial charge in [-0.1, -0.05) is 0 Å². The zero-order chi connectivity index (χ0) is 13.0. The van der Waals surface area contributed by atoms with Crippen molar-refractivity contribution in [2.75, 3.05) is 6.54 Å². The van der Waals surface area contributed by atoms with Gasteiger partial charge < -0.3 is 15.5 Å². The summed E-state index contributed by atoms with van der Waals surface area (Å²) in [6, 6.07) is 0.139. The number of hydrogen-bond acceptors (Lipinski definition) is 3. The van der Waals surface area contributed by atoms with Crippen LogP contribution >= 0.6 is 0 Å². The van der Waals surface area contributed by atoms with E-state index in [4.69, 9.17) is 10.2 Å². The summed E-state index contributed by atoms with van der Waals surface area (Å²) in [5, 5.41) is 2.97. The van der Waals surface area contributed by atoms with Crippen molar-refractivity contribution < 1.29 is 9.21 Å². The monoisotopic (exact) mass is 238 g/mol. The first-order valence-corrected chi connectivity index (χ1v) is 6.04. The van der Waals surface area contributed by atoms with Gasteiger partial charge in [0.05, 0.1) is 5.56 Å². The quantitative estimate of drug-likeness (QED) is 0.825. The molecule has 1 aromatic rings. The van der Waals surface area contributed by atoms with E-state index in [1.165, 1.54) is 0 Å². The number of carbonyl (C=O) groups excluding carboxylic acids is 1. The number of carbonyl (C=O) groups is 1. The molecule has 0 radical (unpaired) electrons. The van der Waals surface area contributed by atoms with E-state index in [9.17, 15) is 4.79 Å². The second-order valence-electron chi connectivity index (χ2n) is 4.52. The predicted octanol–water partition coefficient (Wildman–Crippen LogP) is 2.06. The summed E-state index contributed by atoms with van der Waals surface area (Å²) in [5.41, 5.74) is 7.03. The fraction of sp³-hybridized carbons (Fsp3) is 0.615. The third-order valence-corrected chi connectivity index (χ3v) is 3.01. The number of nitrogens with one attached hydrogen (secondary N) is 1. The van der Waals surface area contributed by atoms with Crippen LogP contribution in [0, 0.1) is 20.8 Å². The van der Waals surface area contributed by atoms with Gasteiger partial charge in [-0.15, -0.1) is 0 Å². The van der Waals surface area contributed by atoms with Crippen molar-refractivity contribution in [3.05, 3.63) is 22.6 Å². The molecule has 0 fully saturated rings. The molecule has 4 heteroatoms. The molecule has 0 saturated heterocycles. The molecule has 1 aromatic heterocycles. The Kier molecular flexibility index (Phi) is 4.75. The Hall–Kier alpha value is -1.29. The molecule has 1 rings (SSSR count). The number of rotatable bonds is 5. The van der Waals surface area contributed by atoms with Crippen LogP contribution in [0.4, 0.5) is 0 Å². The summed E-state index contributed by atoms with van der Waals surface area (Å²) in [4.78, 5) is 12.1. The zero-order valence-corrected chi connectivity index (χ0v) is 11.1. The van der Waals surface area contributed by atoms with E-state index in [2.05, 4.69) is 5.32 Å². The van der Waals surface area contributed by atoms with Crippen LogP contribution in [-0.4, -0.2) is 18.5 Å². The van der Waals surface area contributed by atoms with Gasteiger partial charge in [0.2, 0.25) is 0 Å². The Balaban J connectivity index is 2.70. The molecule has 1 heterocycles. The maximum atomic E-state index is 12.1. The van der Waals surface area contributed by atoms with Gasteiger partial charge >= 0.3 is 0 Å². The first-order chi connectivity index (χ1) is 7.97. The van der Waals surface area contributed by atoms with Gasteiger partial charge in [-0.25, -0.2) is 0 Å². The average molecular weight is 238 g/mol. The van der Waals surface area contributed by atoms with Gasteiger partial charge in [-0.3, -0.25) is 4.79 Å². The lowest BCUT2D eigenvalue weighted by Crippen LogP contribution is -2.33. The van der Waals surface area contributed by atoms with E-state index >= 15 is 0 Å². The molecule has 17 heavy (non-hydrogen) atoms. The Labute approximate surface area is 103 Å². The molecule has 0 aliphatic carbocycles. The molecule has 0 spiro atoms. The predicted molar refractivity (Wildman–Crippen MR) is 68.1 cm³/mol. The molecule has 0 bridgehead atoms. The zero-order valence-electron chi connectivity index (χ0n) is 11.1. The van der Waals surface area contributed by atoms with Crippen molar-refractivity contribution in [2.24, 2.45) is 5.73 Å². The van der Waals surface area contributed by atoms with Crippen molar-refractivity contribution in [2.45, 2.75) is 46.6 Å². The maximum Gasteiger partial charge on any atom is 0.255 e. The summed E-state index contributed by atoms with van der Waals surface area (Å²) in [7, 11) is 0. The fourth-order valence-electron chi connectivity index (χ4n) is 1.92. The van der Waals surface area contributed by atoms with E-state index in [1.807, 2.05) is 27.7 Å². The summed E-state index contributed by atoms with van der Waals surface area (Å²) in [6.07, 6.45) is 1.82. The SMILES string of the molecule is Cc1oc(C)c(C(=O)NC(C)CCCN)c1C. The van der Waals surface area contributed by atoms with E-state index in [0.29, 0.717) is 17.9 Å². The van der Waals surface area contributed by atoms with Crippen LogP contribution in [0.25, 0.3) is 0 Å². The summed E-state index contributed by atoms with van der Waals surface area (Å²) in [6.45, 7) is 8.25. The average Bonchev–Trinajstić information content (AvgIpc) is 2.50. The highest BCUT2D eigenvalue weighted by atomic mass is 16.3. The normalized spacial score (nSPS) is 12.5. The van der Waals surface area contributed by atoms with Crippen molar-refractivity contribution in [1.82, 2.24) is 5.32 Å². The molecule has 0 aromatic carbocycles. The molecule has 1 amide bonds. The smallest absolute Gasteiger partial charge is 0.255 e. The van der Waals surface area contributed by atoms with E-state index in [1.54, 1.807) is 0 Å². The van der Waals surface area contributed by atoms with Crippen LogP contribution in [0.3, 0.4) is 0 Å². The molecule has 4 nitrogen and oxygen atoms in total. The summed E-state index contributed by atoms with van der Waals surface area (Å²) >= 11 is 0. The van der Waals surface area contributed by atoms with Crippen LogP contribution in [-0.2, 0) is 0 Å². The number of furan rings is 1. The molecule has 1 atom stereocenters. The minimum Gasteiger partial charge on any atom is -0.466 e. The fourth-order valence-corrected chi connectivity index (χ4v) is 1.92. The third-order valence-electron chi connectivity index (χ3n) is 3.01. The first kappa shape index (κ1) is 13.8. The molecular weight excluding hydrogens is 216 g/mol. The highest BCUT2D eigenvalue weighted by molar-refractivity contribution is 5.97. The summed E-state index contributed by atoms with van der Waals surface area (Å²) < 4.78 is 5.45. The Bertz CT molecular complexity index is 396. The van der Waals surface area contributed by atoms with E-state index in [0.717, 1.165) is 24.2 Å². The lowest BCUT2D eigenvalue weighted by molar-refractivity contribution is 0.0936. The minimum absolute atomic E-state index is 0.0543. The number of nitrogens with two attached hydrogens (primary N) is 1. The molecule has 0 saturated carbocycles. The number of aryl methyl sites for hydroxylation is 2. The molecule has 3 N–H and O–H groups in total. The van der Waals surface area contributed by atoms with Gasteiger partial charge in [-0.05, 0) is 47.1 Å². The van der Waals surface area contributed by atoms with Gasteiger partial charge in [0.15, 0.2) is 0 Å². The Morgan fingerprint density at radius 1 is 1.35 bits per heavy atom. The van der Waals surface area contributed by atoms with Crippen molar-refractivity contribution in [3.8, 4) is 0 Å². The standard InChI is InChI=1S/C13H22N2O2/c1-8(6-5-7-14)15-13(16)12-9(2)10(3)17-11(12)4/h8H,5-7,14H2,1-4H3,(H,15,16). The van der Waals surface area contributed by atoms with Gasteiger partial charge in [-0.2, -0.15) is 0 Å². The molecule has 0 aliphatic heterocycles. The van der Waals surface area contributed by atoms with Crippen molar-refractivity contribution in [1.29, 1.82) is 0 Å². The molecule has 96 valence electrons. The van der Waals surface area contributed by atoms with Crippen LogP contribution < -0.4 is 11.1 Å². The Morgan fingerprint density at radius 2 is 2.00 bits per heavy atom. The van der Waals surface area contributed by atoms with Crippen LogP contribution in [0.2, 0.25) is 0 Å². The highest BCUT2D eigenvalue weighted by Gasteiger charge is 2.19. The van der Waals surface area contributed by atoms with Crippen LogP contribution in [0.15, 0.2) is 4.42 Å². The van der Waals surface area contributed by atoms with Gasteiger partial charge in [0, 0.05) is 11.6 Å². The van der Waals surface area contributed by atoms with E-state index in [-0.39, 0.29) is 11.9 Å². The minimum atomic E-state index is -0.0543. The second-order valence-corrected chi connectivity index (χ2v) is 4.52. The van der Waals surface area contributed by atoms with Crippen LogP contribution in [0.1, 0.15) is 47.2 Å². The lowest BCUT2D eigenvalue weighted by atomic mass is 10.1. The third kappa shape index (κ3) is 3.33. The number of amides is 1. The number of hydrogen-bond donors (Lipinski definition) is 2. The van der Waals surface area contributed by atoms with Gasteiger partial charge in [0.25, 0.3) is 5.91 Å². The maximum absolute atomic E-state index is 12.1. The van der Waals surface area contributed by atoms with Gasteiger partial charge in [0.1, 0.15) is 11.5 Å². The van der Waals surface area contributed by atoms with Crippen LogP contribution in [0.5, 0.6) is 0 Å². The molecule has 1 unspecified atom stereocenters. The first-order valence-electron chi connectivity index (χ1n) is 6.04. The topological polar surface area (TPSA) is 68.3 Å². The van der Waals surface area contributed by atoms with Crippen molar-refractivity contribution in [3.63, 3.8) is 0 Å². The Morgan fingerprint density at radius 3 is 2.47 bits per heavy atom. The largest absolute Gasteiger partial charge is 0.466 e. The lowest BCUT2D eigenvalue weighted by Gasteiger charge is -2.13. The second kappa shape index (κ2) is 5.87. The molecule has 0 aliphatic rings. The highest BCUT2D eigenvalue weighted by Crippen LogP contribution is 2.20. The van der Waals surface area contributed by atoms with E-state index < -0.39 is 0 Å². The van der Waals surface area contributed by atoms with Crippen molar-refractivity contribution >= 4 is 5.91 Å². The molecular formula is C13H22N2O2.